The molecule has 0 atom stereocenters. The van der Waals surface area contributed by atoms with Crippen molar-refractivity contribution in [2.75, 3.05) is 54.5 Å². The number of benzene rings is 1. The molecule has 200 valence electrons. The van der Waals surface area contributed by atoms with E-state index in [0.29, 0.717) is 49.1 Å². The molecule has 3 aromatic rings. The molecule has 2 aromatic heterocycles. The fourth-order valence-electron chi connectivity index (χ4n) is 4.33. The Morgan fingerprint density at radius 1 is 0.921 bits per heavy atom. The highest BCUT2D eigenvalue weighted by Gasteiger charge is 2.32. The summed E-state index contributed by atoms with van der Waals surface area (Å²) in [7, 11) is 0. The van der Waals surface area contributed by atoms with Crippen molar-refractivity contribution in [1.29, 1.82) is 0 Å². The number of morpholine rings is 1. The summed E-state index contributed by atoms with van der Waals surface area (Å²) >= 11 is 0. The summed E-state index contributed by atoms with van der Waals surface area (Å²) in [5.74, 6) is -0.346. The predicted octanol–water partition coefficient (Wildman–Crippen LogP) is 5.49. The number of aromatic nitrogens is 3. The molecule has 38 heavy (non-hydrogen) atoms. The molecular weight excluding hydrogens is 504 g/mol. The maximum absolute atomic E-state index is 14.2. The lowest BCUT2D eigenvalue weighted by molar-refractivity contribution is -0.137. The maximum Gasteiger partial charge on any atom is 0.416 e. The number of nitrogens with zero attached hydrogens (tertiary/aromatic N) is 7. The van der Waals surface area contributed by atoms with Gasteiger partial charge in [-0.15, -0.1) is 5.11 Å². The third-order valence-electron chi connectivity index (χ3n) is 6.25. The molecule has 1 N–H and O–H groups in total. The maximum atomic E-state index is 14.2. The number of hydrogen-bond acceptors (Lipinski definition) is 9. The van der Waals surface area contributed by atoms with E-state index in [1.165, 1.54) is 12.3 Å². The Labute approximate surface area is 216 Å². The van der Waals surface area contributed by atoms with Gasteiger partial charge in [0.05, 0.1) is 42.6 Å². The van der Waals surface area contributed by atoms with E-state index in [-0.39, 0.29) is 18.3 Å². The van der Waals surface area contributed by atoms with E-state index < -0.39 is 17.6 Å². The zero-order valence-electron chi connectivity index (χ0n) is 20.5. The van der Waals surface area contributed by atoms with Gasteiger partial charge in [0.2, 0.25) is 0 Å². The van der Waals surface area contributed by atoms with E-state index in [2.05, 4.69) is 30.5 Å². The third-order valence-corrected chi connectivity index (χ3v) is 6.25. The minimum atomic E-state index is -4.45. The summed E-state index contributed by atoms with van der Waals surface area (Å²) in [6, 6.07) is 7.41. The van der Waals surface area contributed by atoms with Crippen molar-refractivity contribution < 1.29 is 22.3 Å². The fourth-order valence-corrected chi connectivity index (χ4v) is 4.33. The predicted molar refractivity (Wildman–Crippen MR) is 134 cm³/mol. The second-order valence-corrected chi connectivity index (χ2v) is 8.96. The summed E-state index contributed by atoms with van der Waals surface area (Å²) in [4.78, 5) is 16.1. The minimum Gasteiger partial charge on any atom is -0.378 e. The Kier molecular flexibility index (Phi) is 7.63. The average molecular weight is 531 g/mol. The molecule has 9 nitrogen and oxygen atoms in total. The van der Waals surface area contributed by atoms with Crippen molar-refractivity contribution >= 4 is 28.8 Å². The van der Waals surface area contributed by atoms with Crippen LogP contribution in [0.1, 0.15) is 24.1 Å². The molecule has 2 fully saturated rings. The molecule has 1 aromatic carbocycles. The number of pyridine rings is 1. The monoisotopic (exact) mass is 530 g/mol. The van der Waals surface area contributed by atoms with Crippen LogP contribution in [-0.4, -0.2) is 54.3 Å². The molecule has 2 aliphatic heterocycles. The van der Waals surface area contributed by atoms with Gasteiger partial charge in [-0.1, -0.05) is 0 Å². The summed E-state index contributed by atoms with van der Waals surface area (Å²) in [6.45, 7) is 3.63. The molecule has 5 rings (SSSR count). The molecule has 2 saturated heterocycles. The molecule has 13 heteroatoms. The second-order valence-electron chi connectivity index (χ2n) is 8.96. The Bertz CT molecular complexity index is 1270. The topological polar surface area (TPSA) is 91.1 Å². The molecule has 0 aliphatic carbocycles. The molecule has 4 heterocycles. The van der Waals surface area contributed by atoms with E-state index in [0.717, 1.165) is 38.2 Å². The van der Waals surface area contributed by atoms with Gasteiger partial charge in [-0.25, -0.2) is 9.37 Å². The lowest BCUT2D eigenvalue weighted by Crippen LogP contribution is -2.37. The first-order valence-corrected chi connectivity index (χ1v) is 12.3. The zero-order chi connectivity index (χ0) is 26.5. The Balaban J connectivity index is 1.24. The first-order chi connectivity index (χ1) is 18.3. The quantitative estimate of drug-likeness (QED) is 0.319. The van der Waals surface area contributed by atoms with E-state index in [4.69, 9.17) is 4.74 Å². The molecule has 0 radical (unpaired) electrons. The van der Waals surface area contributed by atoms with E-state index >= 15 is 0 Å². The van der Waals surface area contributed by atoms with E-state index in [1.807, 2.05) is 4.90 Å². The highest BCUT2D eigenvalue weighted by molar-refractivity contribution is 5.67. The Hall–Kier alpha value is -3.87. The van der Waals surface area contributed by atoms with Crippen molar-refractivity contribution in [3.05, 3.63) is 59.8 Å². The number of anilines is 4. The van der Waals surface area contributed by atoms with Gasteiger partial charge in [0, 0.05) is 37.6 Å². The van der Waals surface area contributed by atoms with Crippen LogP contribution in [0.15, 0.2) is 53.0 Å². The van der Waals surface area contributed by atoms with Crippen molar-refractivity contribution in [2.45, 2.75) is 25.6 Å². The van der Waals surface area contributed by atoms with Crippen molar-refractivity contribution in [1.82, 2.24) is 15.0 Å². The van der Waals surface area contributed by atoms with Gasteiger partial charge < -0.3 is 19.9 Å². The lowest BCUT2D eigenvalue weighted by Gasteiger charge is -2.27. The van der Waals surface area contributed by atoms with Gasteiger partial charge in [-0.05, 0) is 43.2 Å². The first-order valence-electron chi connectivity index (χ1n) is 12.3. The number of azo groups is 1. The molecule has 0 spiro atoms. The first kappa shape index (κ1) is 25.8. The van der Waals surface area contributed by atoms with Crippen LogP contribution in [-0.2, 0) is 17.5 Å². The SMILES string of the molecule is Fc1cnc(N=NCc2ccc(Nc3cc(N4CCCC4)cc(C(F)(F)F)c3)cn2)nc1N1CCOCC1. The van der Waals surface area contributed by atoms with Crippen LogP contribution >= 0.6 is 0 Å². The highest BCUT2D eigenvalue weighted by atomic mass is 19.4. The largest absolute Gasteiger partial charge is 0.416 e. The minimum absolute atomic E-state index is 0.0320. The zero-order valence-corrected chi connectivity index (χ0v) is 20.5. The van der Waals surface area contributed by atoms with Crippen molar-refractivity contribution in [3.63, 3.8) is 0 Å². The number of rotatable bonds is 7. The van der Waals surface area contributed by atoms with Gasteiger partial charge in [0.25, 0.3) is 5.95 Å². The molecule has 0 amide bonds. The normalized spacial score (nSPS) is 16.4. The second kappa shape index (κ2) is 11.3. The van der Waals surface area contributed by atoms with Crippen molar-refractivity contribution in [3.8, 4) is 0 Å². The number of alkyl halides is 3. The summed E-state index contributed by atoms with van der Waals surface area (Å²) in [5, 5.41) is 11.1. The number of nitrogens with one attached hydrogen (secondary N) is 1. The van der Waals surface area contributed by atoms with Crippen molar-refractivity contribution in [2.24, 2.45) is 10.2 Å². The van der Waals surface area contributed by atoms with E-state index in [1.54, 1.807) is 23.1 Å². The number of ether oxygens (including phenoxy) is 1. The van der Waals surface area contributed by atoms with Gasteiger partial charge in [0.1, 0.15) is 6.54 Å². The number of hydrogen-bond donors (Lipinski definition) is 1. The summed E-state index contributed by atoms with van der Waals surface area (Å²) in [5.41, 5.74) is 1.30. The van der Waals surface area contributed by atoms with Crippen LogP contribution in [0.2, 0.25) is 0 Å². The van der Waals surface area contributed by atoms with Crippen LogP contribution in [0, 0.1) is 5.82 Å². The Morgan fingerprint density at radius 3 is 2.42 bits per heavy atom. The molecule has 0 saturated carbocycles. The van der Waals surface area contributed by atoms with Crippen LogP contribution < -0.4 is 15.1 Å². The fraction of sp³-hybridized carbons (Fsp3) is 0.400. The molecular formula is C25H26F4N8O. The average Bonchev–Trinajstić information content (AvgIpc) is 3.46. The summed E-state index contributed by atoms with van der Waals surface area (Å²) < 4.78 is 59.9. The highest BCUT2D eigenvalue weighted by Crippen LogP contribution is 2.36. The molecule has 0 unspecified atom stereocenters. The van der Waals surface area contributed by atoms with Crippen LogP contribution in [0.3, 0.4) is 0 Å². The van der Waals surface area contributed by atoms with Crippen LogP contribution in [0.4, 0.5) is 46.4 Å². The van der Waals surface area contributed by atoms with Crippen LogP contribution in [0.5, 0.6) is 0 Å². The van der Waals surface area contributed by atoms with Gasteiger partial charge in [-0.2, -0.15) is 23.3 Å². The Morgan fingerprint density at radius 2 is 1.71 bits per heavy atom. The van der Waals surface area contributed by atoms with Crippen LogP contribution in [0.25, 0.3) is 0 Å². The smallest absolute Gasteiger partial charge is 0.378 e. The van der Waals surface area contributed by atoms with Gasteiger partial charge in [-0.3, -0.25) is 4.98 Å². The lowest BCUT2D eigenvalue weighted by atomic mass is 10.1. The number of halogens is 4. The van der Waals surface area contributed by atoms with Gasteiger partial charge in [0.15, 0.2) is 11.6 Å². The standard InChI is InChI=1S/C25H26F4N8O/c26-22-16-31-24(34-23(22)37-7-9-38-10-8-37)35-32-15-18-3-4-19(14-30-18)33-20-11-17(25(27,28)29)12-21(13-20)36-5-1-2-6-36/h3-4,11-14,16,33H,1-2,5-10,15H2. The van der Waals surface area contributed by atoms with Gasteiger partial charge >= 0.3 is 6.18 Å². The summed E-state index contributed by atoms with van der Waals surface area (Å²) in [6.07, 6.45) is 0.0594. The third kappa shape index (κ3) is 6.33. The molecule has 0 bridgehead atoms. The van der Waals surface area contributed by atoms with E-state index in [9.17, 15) is 17.6 Å². The molecule has 2 aliphatic rings.